The number of benzene rings is 7. The summed E-state index contributed by atoms with van der Waals surface area (Å²) >= 11 is 0. The van der Waals surface area contributed by atoms with Crippen molar-refractivity contribution in [2.75, 3.05) is 0 Å². The second-order valence-corrected chi connectivity index (χ2v) is 14.3. The Morgan fingerprint density at radius 3 is 1.89 bits per heavy atom. The predicted octanol–water partition coefficient (Wildman–Crippen LogP) is 13.0. The Morgan fingerprint density at radius 1 is 0.455 bits per heavy atom. The van der Waals surface area contributed by atoms with E-state index in [9.17, 15) is 0 Å². The van der Waals surface area contributed by atoms with Crippen molar-refractivity contribution in [3.05, 3.63) is 188 Å². The molecule has 0 aliphatic heterocycles. The summed E-state index contributed by atoms with van der Waals surface area (Å²) in [5, 5.41) is 5.91. The Kier molecular flexibility index (Phi) is 8.15. The number of nitrogens with zero attached hydrogens (tertiary/aromatic N) is 4. The maximum Gasteiger partial charge on any atom is 0.164 e. The van der Waals surface area contributed by atoms with Crippen molar-refractivity contribution >= 4 is 38.0 Å². The largest absolute Gasteiger partial charge is 0.247 e. The third-order valence-electron chi connectivity index (χ3n) is 10.7. The van der Waals surface area contributed by atoms with Gasteiger partial charge in [-0.15, -0.1) is 0 Å². The summed E-state index contributed by atoms with van der Waals surface area (Å²) in [5.41, 5.74) is 10.8. The normalized spacial score (nSPS) is 14.1. The minimum Gasteiger partial charge on any atom is -0.247 e. The zero-order valence-corrected chi connectivity index (χ0v) is 30.4. The Hall–Kier alpha value is -7.04. The average Bonchev–Trinajstić information content (AvgIpc) is 3.26. The molecule has 0 bridgehead atoms. The first-order valence-electron chi connectivity index (χ1n) is 18.9. The lowest BCUT2D eigenvalue weighted by atomic mass is 9.90. The van der Waals surface area contributed by atoms with E-state index >= 15 is 0 Å². The predicted molar refractivity (Wildman–Crippen MR) is 228 cm³/mol. The zero-order chi connectivity index (χ0) is 36.7. The lowest BCUT2D eigenvalue weighted by Gasteiger charge is -2.16. The van der Waals surface area contributed by atoms with Crippen LogP contribution in [0.2, 0.25) is 0 Å². The Morgan fingerprint density at radius 2 is 1.05 bits per heavy atom. The number of pyridine rings is 1. The highest BCUT2D eigenvalue weighted by Gasteiger charge is 2.18. The number of hydrogen-bond acceptors (Lipinski definition) is 4. The molecule has 0 spiro atoms. The molecule has 4 heteroatoms. The highest BCUT2D eigenvalue weighted by atomic mass is 15.0. The standard InChI is InChI=1S/C51H36N4/c1-33-13-9-20-40(31-33)51-54-49(36-15-3-2-4-16-36)53-50(55-51)37-29-27-34(28-30-37)38-18-10-19-39(32-38)42-23-12-25-45-47(42)44-22-7-8-26-46(44)52-48(45)43-24-11-17-35-14-5-6-21-41(35)43/h2-30,32-33H,31H2,1H3. The molecule has 0 radical (unpaired) electrons. The van der Waals surface area contributed by atoms with Gasteiger partial charge in [-0.25, -0.2) is 19.9 Å². The van der Waals surface area contributed by atoms with Gasteiger partial charge in [-0.2, -0.15) is 0 Å². The minimum atomic E-state index is 0.436. The van der Waals surface area contributed by atoms with Gasteiger partial charge in [-0.05, 0) is 63.1 Å². The first-order valence-corrected chi connectivity index (χ1v) is 18.9. The van der Waals surface area contributed by atoms with Crippen molar-refractivity contribution < 1.29 is 0 Å². The fourth-order valence-corrected chi connectivity index (χ4v) is 7.93. The summed E-state index contributed by atoms with van der Waals surface area (Å²) in [7, 11) is 0. The molecule has 0 fully saturated rings. The Labute approximate surface area is 320 Å². The van der Waals surface area contributed by atoms with Gasteiger partial charge in [0, 0.05) is 32.8 Å². The molecule has 260 valence electrons. The van der Waals surface area contributed by atoms with E-state index in [0.717, 1.165) is 73.2 Å². The molecule has 55 heavy (non-hydrogen) atoms. The molecule has 0 amide bonds. The van der Waals surface area contributed by atoms with E-state index < -0.39 is 0 Å². The summed E-state index contributed by atoms with van der Waals surface area (Å²) in [5.74, 6) is 2.52. The second-order valence-electron chi connectivity index (χ2n) is 14.3. The molecule has 1 unspecified atom stereocenters. The third kappa shape index (κ3) is 6.08. The smallest absolute Gasteiger partial charge is 0.164 e. The summed E-state index contributed by atoms with van der Waals surface area (Å²) in [6.07, 6.45) is 7.36. The number of aromatic nitrogens is 4. The van der Waals surface area contributed by atoms with Crippen molar-refractivity contribution in [2.24, 2.45) is 5.92 Å². The molecular weight excluding hydrogens is 669 g/mol. The fourth-order valence-electron chi connectivity index (χ4n) is 7.93. The van der Waals surface area contributed by atoms with Crippen LogP contribution in [0.25, 0.3) is 94.3 Å². The molecule has 1 atom stereocenters. The topological polar surface area (TPSA) is 51.6 Å². The second kappa shape index (κ2) is 13.7. The van der Waals surface area contributed by atoms with Gasteiger partial charge in [0.05, 0.1) is 11.2 Å². The van der Waals surface area contributed by atoms with E-state index in [2.05, 4.69) is 171 Å². The molecule has 1 aliphatic carbocycles. The van der Waals surface area contributed by atoms with E-state index in [1.807, 2.05) is 18.2 Å². The first kappa shape index (κ1) is 32.6. The molecular formula is C51H36N4. The highest BCUT2D eigenvalue weighted by molar-refractivity contribution is 6.18. The van der Waals surface area contributed by atoms with Gasteiger partial charge in [-0.1, -0.05) is 177 Å². The number of fused-ring (bicyclic) bond motifs is 4. The quantitative estimate of drug-likeness (QED) is 0.162. The van der Waals surface area contributed by atoms with Crippen LogP contribution in [0.3, 0.4) is 0 Å². The van der Waals surface area contributed by atoms with Crippen LogP contribution in [0.4, 0.5) is 0 Å². The summed E-state index contributed by atoms with van der Waals surface area (Å²) < 4.78 is 0. The van der Waals surface area contributed by atoms with Gasteiger partial charge in [0.25, 0.3) is 0 Å². The SMILES string of the molecule is CC1C=CC=C(c2nc(-c3ccccc3)nc(-c3ccc(-c4cccc(-c5cccc6c(-c7cccc8ccccc78)nc7ccccc7c56)c4)cc3)n2)C1. The van der Waals surface area contributed by atoms with E-state index in [4.69, 9.17) is 19.9 Å². The fraction of sp³-hybridized carbons (Fsp3) is 0.0588. The average molecular weight is 705 g/mol. The van der Waals surface area contributed by atoms with Crippen molar-refractivity contribution in [1.82, 2.24) is 19.9 Å². The van der Waals surface area contributed by atoms with E-state index in [1.165, 1.54) is 21.7 Å². The molecule has 4 nitrogen and oxygen atoms in total. The van der Waals surface area contributed by atoms with Gasteiger partial charge in [0.1, 0.15) is 0 Å². The molecule has 9 aromatic rings. The molecule has 7 aromatic carbocycles. The Bertz CT molecular complexity index is 2960. The summed E-state index contributed by atoms with van der Waals surface area (Å²) in [4.78, 5) is 20.2. The molecule has 0 N–H and O–H groups in total. The van der Waals surface area contributed by atoms with Crippen molar-refractivity contribution in [3.8, 4) is 56.3 Å². The van der Waals surface area contributed by atoms with Crippen LogP contribution in [0, 0.1) is 5.92 Å². The lowest BCUT2D eigenvalue weighted by molar-refractivity contribution is 0.742. The van der Waals surface area contributed by atoms with Gasteiger partial charge in [0.2, 0.25) is 0 Å². The molecule has 10 rings (SSSR count). The number of hydrogen-bond donors (Lipinski definition) is 0. The first-order chi connectivity index (χ1) is 27.2. The van der Waals surface area contributed by atoms with Crippen LogP contribution < -0.4 is 0 Å². The van der Waals surface area contributed by atoms with Crippen LogP contribution in [0.15, 0.2) is 182 Å². The summed E-state index contributed by atoms with van der Waals surface area (Å²) in [6, 6.07) is 57.8. The minimum absolute atomic E-state index is 0.436. The Balaban J connectivity index is 1.06. The van der Waals surface area contributed by atoms with Gasteiger partial charge in [-0.3, -0.25) is 0 Å². The molecule has 2 heterocycles. The molecule has 0 saturated heterocycles. The number of rotatable bonds is 6. The highest BCUT2D eigenvalue weighted by Crippen LogP contribution is 2.41. The van der Waals surface area contributed by atoms with Crippen LogP contribution in [0.1, 0.15) is 19.2 Å². The lowest BCUT2D eigenvalue weighted by Crippen LogP contribution is -2.06. The van der Waals surface area contributed by atoms with Gasteiger partial charge < -0.3 is 0 Å². The van der Waals surface area contributed by atoms with Crippen molar-refractivity contribution in [3.63, 3.8) is 0 Å². The van der Waals surface area contributed by atoms with E-state index in [-0.39, 0.29) is 0 Å². The van der Waals surface area contributed by atoms with Crippen LogP contribution in [-0.4, -0.2) is 19.9 Å². The zero-order valence-electron chi connectivity index (χ0n) is 30.4. The molecule has 1 aliphatic rings. The monoisotopic (exact) mass is 704 g/mol. The van der Waals surface area contributed by atoms with E-state index in [0.29, 0.717) is 17.6 Å². The maximum atomic E-state index is 5.29. The van der Waals surface area contributed by atoms with Gasteiger partial charge >= 0.3 is 0 Å². The third-order valence-corrected chi connectivity index (χ3v) is 10.7. The number of allylic oxidation sites excluding steroid dienone is 4. The van der Waals surface area contributed by atoms with Crippen LogP contribution in [0.5, 0.6) is 0 Å². The summed E-state index contributed by atoms with van der Waals surface area (Å²) in [6.45, 7) is 2.22. The van der Waals surface area contributed by atoms with Gasteiger partial charge in [0.15, 0.2) is 17.5 Å². The number of para-hydroxylation sites is 1. The molecule has 0 saturated carbocycles. The molecule has 2 aromatic heterocycles. The van der Waals surface area contributed by atoms with Crippen LogP contribution in [-0.2, 0) is 0 Å². The van der Waals surface area contributed by atoms with Crippen molar-refractivity contribution in [2.45, 2.75) is 13.3 Å². The van der Waals surface area contributed by atoms with Crippen LogP contribution >= 0.6 is 0 Å². The van der Waals surface area contributed by atoms with E-state index in [1.54, 1.807) is 0 Å². The van der Waals surface area contributed by atoms with Crippen molar-refractivity contribution in [1.29, 1.82) is 0 Å². The maximum absolute atomic E-state index is 5.29.